The first-order valence-electron chi connectivity index (χ1n) is 13.0. The molecule has 0 aliphatic heterocycles. The summed E-state index contributed by atoms with van der Waals surface area (Å²) in [5.41, 5.74) is 0. The molecule has 0 rings (SSSR count). The second-order valence-electron chi connectivity index (χ2n) is 10.7. The minimum absolute atomic E-state index is 0. The van der Waals surface area contributed by atoms with Crippen molar-refractivity contribution in [2.24, 2.45) is 0 Å². The van der Waals surface area contributed by atoms with Crippen LogP contribution in [-0.2, 0) is 0 Å². The van der Waals surface area contributed by atoms with Gasteiger partial charge in [-0.1, -0.05) is 65.2 Å². The van der Waals surface area contributed by atoms with Gasteiger partial charge in [-0.15, -0.1) is 0 Å². The maximum Gasteiger partial charge on any atom is 0.0782 e. The highest BCUT2D eigenvalue weighted by atomic mass is 127. The van der Waals surface area contributed by atoms with Crippen molar-refractivity contribution >= 4 is 0 Å². The highest BCUT2D eigenvalue weighted by Crippen LogP contribution is 2.13. The highest BCUT2D eigenvalue weighted by Gasteiger charge is 2.15. The number of unbranched alkanes of at least 4 members (excludes halogenated alkanes) is 13. The summed E-state index contributed by atoms with van der Waals surface area (Å²) in [5.74, 6) is 0. The summed E-state index contributed by atoms with van der Waals surface area (Å²) in [6.45, 7) is 10.1. The summed E-state index contributed by atoms with van der Waals surface area (Å²) in [5, 5.41) is 0. The van der Waals surface area contributed by atoms with Crippen LogP contribution >= 0.6 is 0 Å². The molecule has 0 radical (unpaired) electrons. The minimum atomic E-state index is 0. The van der Waals surface area contributed by atoms with Crippen molar-refractivity contribution in [2.75, 3.05) is 54.4 Å². The van der Waals surface area contributed by atoms with Crippen molar-refractivity contribution in [1.82, 2.24) is 0 Å². The molecule has 0 saturated carbocycles. The van der Waals surface area contributed by atoms with Crippen molar-refractivity contribution in [3.63, 3.8) is 0 Å². The highest BCUT2D eigenvalue weighted by molar-refractivity contribution is 4.48. The van der Waals surface area contributed by atoms with Gasteiger partial charge in [0.2, 0.25) is 0 Å². The lowest BCUT2D eigenvalue weighted by atomic mass is 10.1. The Labute approximate surface area is 226 Å². The Morgan fingerprint density at radius 3 is 0.767 bits per heavy atom. The van der Waals surface area contributed by atoms with E-state index in [4.69, 9.17) is 0 Å². The molecule has 0 aliphatic rings. The number of hydrogen-bond donors (Lipinski definition) is 0. The monoisotopic (exact) mass is 652 g/mol. The predicted molar refractivity (Wildman–Crippen MR) is 129 cm³/mol. The van der Waals surface area contributed by atoms with Crippen LogP contribution in [0.25, 0.3) is 0 Å². The van der Waals surface area contributed by atoms with Crippen molar-refractivity contribution in [3.8, 4) is 0 Å². The Morgan fingerprint density at radius 2 is 0.533 bits per heavy atom. The summed E-state index contributed by atoms with van der Waals surface area (Å²) in [4.78, 5) is 0. The van der Waals surface area contributed by atoms with E-state index in [1.54, 1.807) is 0 Å². The lowest BCUT2D eigenvalue weighted by molar-refractivity contribution is -0.891. The van der Waals surface area contributed by atoms with Crippen LogP contribution in [-0.4, -0.2) is 63.3 Å². The molecule has 30 heavy (non-hydrogen) atoms. The van der Waals surface area contributed by atoms with Gasteiger partial charge in [0.05, 0.1) is 54.4 Å². The van der Waals surface area contributed by atoms with E-state index >= 15 is 0 Å². The molecule has 0 saturated heterocycles. The molecule has 0 bridgehead atoms. The lowest BCUT2D eigenvalue weighted by Gasteiger charge is -2.31. The zero-order chi connectivity index (χ0) is 21.1. The predicted octanol–water partition coefficient (Wildman–Crippen LogP) is 1.43. The van der Waals surface area contributed by atoms with Gasteiger partial charge in [-0.2, -0.15) is 0 Å². The van der Waals surface area contributed by atoms with Crippen LogP contribution in [0.3, 0.4) is 0 Å². The number of nitrogens with zero attached hydrogens (tertiary/aromatic N) is 2. The van der Waals surface area contributed by atoms with Crippen molar-refractivity contribution in [2.45, 2.75) is 117 Å². The average Bonchev–Trinajstić information content (AvgIpc) is 2.64. The lowest BCUT2D eigenvalue weighted by Crippen LogP contribution is -3.00. The Kier molecular flexibility index (Phi) is 28.2. The van der Waals surface area contributed by atoms with E-state index in [0.717, 1.165) is 0 Å². The molecule has 2 nitrogen and oxygen atoms in total. The number of quaternary nitrogens is 2. The molecule has 0 heterocycles. The molecule has 0 fully saturated rings. The van der Waals surface area contributed by atoms with Crippen LogP contribution in [0.5, 0.6) is 0 Å². The summed E-state index contributed by atoms with van der Waals surface area (Å²) < 4.78 is 2.46. The Morgan fingerprint density at radius 1 is 0.333 bits per heavy atom. The first-order valence-corrected chi connectivity index (χ1v) is 13.0. The van der Waals surface area contributed by atoms with Gasteiger partial charge in [0.1, 0.15) is 0 Å². The fourth-order valence-electron chi connectivity index (χ4n) is 4.30. The molecule has 0 unspecified atom stereocenters. The molecule has 0 amide bonds. The second-order valence-corrected chi connectivity index (χ2v) is 10.7. The third-order valence-electron chi connectivity index (χ3n) is 6.51. The van der Waals surface area contributed by atoms with E-state index in [1.165, 1.54) is 138 Å². The zero-order valence-electron chi connectivity index (χ0n) is 21.8. The van der Waals surface area contributed by atoms with E-state index in [-0.39, 0.29) is 48.0 Å². The van der Waals surface area contributed by atoms with Crippen LogP contribution in [0, 0.1) is 0 Å². The molecule has 186 valence electrons. The van der Waals surface area contributed by atoms with Crippen LogP contribution < -0.4 is 48.0 Å². The first-order chi connectivity index (χ1) is 13.3. The normalized spacial score (nSPS) is 11.8. The van der Waals surface area contributed by atoms with Crippen molar-refractivity contribution < 1.29 is 56.9 Å². The molecule has 0 spiro atoms. The average molecular weight is 653 g/mol. The number of halogens is 2. The molecule has 0 aromatic heterocycles. The minimum Gasteiger partial charge on any atom is -1.00 e. The van der Waals surface area contributed by atoms with Crippen LogP contribution in [0.1, 0.15) is 117 Å². The third kappa shape index (κ3) is 25.6. The Balaban J connectivity index is -0.00000364. The molecule has 4 heteroatoms. The summed E-state index contributed by atoms with van der Waals surface area (Å²) in [6.07, 6.45) is 22.7. The number of hydrogen-bond acceptors (Lipinski definition) is 0. The van der Waals surface area contributed by atoms with Gasteiger partial charge < -0.3 is 56.9 Å². The van der Waals surface area contributed by atoms with Crippen LogP contribution in [0.2, 0.25) is 0 Å². The molecule has 0 aromatic rings. The van der Waals surface area contributed by atoms with Gasteiger partial charge in [-0.05, 0) is 51.4 Å². The summed E-state index contributed by atoms with van der Waals surface area (Å²) in [6, 6.07) is 0. The Bertz CT molecular complexity index is 301. The van der Waals surface area contributed by atoms with E-state index in [9.17, 15) is 0 Å². The third-order valence-corrected chi connectivity index (χ3v) is 6.51. The van der Waals surface area contributed by atoms with Gasteiger partial charge in [0, 0.05) is 0 Å². The SMILES string of the molecule is CCCCCCCC[N+](C)(C)CCCCCC[N+](C)(C)CCCCCCCC.[I-].[I-]. The number of rotatable bonds is 21. The largest absolute Gasteiger partial charge is 1.00 e. The molecule has 0 N–H and O–H groups in total. The Hall–Kier alpha value is 1.38. The fourth-order valence-corrected chi connectivity index (χ4v) is 4.30. The van der Waals surface area contributed by atoms with E-state index in [1.807, 2.05) is 0 Å². The van der Waals surface area contributed by atoms with Gasteiger partial charge in [-0.25, -0.2) is 0 Å². The molecular formula is C26H58I2N2. The van der Waals surface area contributed by atoms with Gasteiger partial charge in [0.25, 0.3) is 0 Å². The summed E-state index contributed by atoms with van der Waals surface area (Å²) in [7, 11) is 9.75. The maximum atomic E-state index is 2.44. The quantitative estimate of drug-likeness (QED) is 0.100. The second kappa shape index (κ2) is 23.5. The topological polar surface area (TPSA) is 0 Å². The molecular weight excluding hydrogens is 594 g/mol. The molecule has 0 aromatic carbocycles. The zero-order valence-corrected chi connectivity index (χ0v) is 26.1. The standard InChI is InChI=1S/C26H58N2.2HI/c1-7-9-11-13-15-19-23-27(3,4)25-21-17-18-22-26-28(5,6)24-20-16-14-12-10-8-2;;/h7-26H2,1-6H3;2*1H/q+2;;/p-2. The van der Waals surface area contributed by atoms with E-state index in [2.05, 4.69) is 42.0 Å². The van der Waals surface area contributed by atoms with Crippen LogP contribution in [0.15, 0.2) is 0 Å². The van der Waals surface area contributed by atoms with E-state index < -0.39 is 0 Å². The fraction of sp³-hybridized carbons (Fsp3) is 1.00. The van der Waals surface area contributed by atoms with Gasteiger partial charge in [0.15, 0.2) is 0 Å². The van der Waals surface area contributed by atoms with E-state index in [0.29, 0.717) is 0 Å². The van der Waals surface area contributed by atoms with Crippen molar-refractivity contribution in [1.29, 1.82) is 0 Å². The maximum absolute atomic E-state index is 2.44. The molecule has 0 aliphatic carbocycles. The summed E-state index contributed by atoms with van der Waals surface area (Å²) >= 11 is 0. The first kappa shape index (κ1) is 36.0. The smallest absolute Gasteiger partial charge is 0.0782 e. The van der Waals surface area contributed by atoms with Gasteiger partial charge >= 0.3 is 0 Å². The van der Waals surface area contributed by atoms with Gasteiger partial charge in [-0.3, -0.25) is 0 Å². The van der Waals surface area contributed by atoms with Crippen LogP contribution in [0.4, 0.5) is 0 Å². The van der Waals surface area contributed by atoms with Crippen molar-refractivity contribution in [3.05, 3.63) is 0 Å². The molecule has 0 atom stereocenters.